The van der Waals surface area contributed by atoms with Gasteiger partial charge in [-0.05, 0) is 20.3 Å². The third-order valence-electron chi connectivity index (χ3n) is 4.06. The number of hydrogen-bond donors (Lipinski definition) is 2. The molecule has 1 amide bonds. The molecular formula is C14H30N4O2. The summed E-state index contributed by atoms with van der Waals surface area (Å²) >= 11 is 0. The van der Waals surface area contributed by atoms with Crippen molar-refractivity contribution in [2.45, 2.75) is 32.4 Å². The molecule has 1 heterocycles. The van der Waals surface area contributed by atoms with Gasteiger partial charge in [-0.15, -0.1) is 0 Å². The van der Waals surface area contributed by atoms with Gasteiger partial charge in [0.25, 0.3) is 0 Å². The van der Waals surface area contributed by atoms with Crippen LogP contribution in [0.1, 0.15) is 20.3 Å². The first-order chi connectivity index (χ1) is 9.60. The summed E-state index contributed by atoms with van der Waals surface area (Å²) in [7, 11) is 1.67. The highest BCUT2D eigenvalue weighted by Gasteiger charge is 2.26. The summed E-state index contributed by atoms with van der Waals surface area (Å²) in [5, 5.41) is 2.97. The molecule has 20 heavy (non-hydrogen) atoms. The van der Waals surface area contributed by atoms with Gasteiger partial charge in [-0.2, -0.15) is 0 Å². The number of ether oxygens (including phenoxy) is 1. The number of rotatable bonds is 8. The molecule has 118 valence electrons. The predicted octanol–water partition coefficient (Wildman–Crippen LogP) is -0.508. The van der Waals surface area contributed by atoms with Gasteiger partial charge >= 0.3 is 0 Å². The second-order valence-corrected chi connectivity index (χ2v) is 5.47. The first kappa shape index (κ1) is 17.4. The van der Waals surface area contributed by atoms with Crippen molar-refractivity contribution in [2.24, 2.45) is 5.73 Å². The molecule has 3 N–H and O–H groups in total. The minimum Gasteiger partial charge on any atom is -0.385 e. The van der Waals surface area contributed by atoms with Crippen LogP contribution < -0.4 is 11.1 Å². The van der Waals surface area contributed by atoms with Crippen molar-refractivity contribution in [1.29, 1.82) is 0 Å². The Bertz CT molecular complexity index is 280. The van der Waals surface area contributed by atoms with Crippen molar-refractivity contribution < 1.29 is 9.53 Å². The second-order valence-electron chi connectivity index (χ2n) is 5.47. The molecule has 2 atom stereocenters. The largest absolute Gasteiger partial charge is 0.385 e. The lowest BCUT2D eigenvalue weighted by molar-refractivity contribution is -0.126. The monoisotopic (exact) mass is 286 g/mol. The van der Waals surface area contributed by atoms with Gasteiger partial charge in [0.15, 0.2) is 0 Å². The van der Waals surface area contributed by atoms with Crippen LogP contribution in [-0.4, -0.2) is 80.8 Å². The number of carbonyl (C=O) groups excluding carboxylic acids is 1. The van der Waals surface area contributed by atoms with E-state index < -0.39 is 0 Å². The lowest BCUT2D eigenvalue weighted by Crippen LogP contribution is -2.56. The van der Waals surface area contributed by atoms with E-state index in [9.17, 15) is 4.79 Å². The molecule has 1 saturated heterocycles. The summed E-state index contributed by atoms with van der Waals surface area (Å²) < 4.78 is 4.97. The predicted molar refractivity (Wildman–Crippen MR) is 80.6 cm³/mol. The maximum absolute atomic E-state index is 12.0. The highest BCUT2D eigenvalue weighted by atomic mass is 16.5. The average molecular weight is 286 g/mol. The standard InChI is InChI=1S/C14H30N4O2/c1-12(11-15)17-6-8-18(9-7-17)13(2)14(19)16-5-4-10-20-3/h12-13H,4-11,15H2,1-3H3,(H,16,19). The fourth-order valence-corrected chi connectivity index (χ4v) is 2.46. The van der Waals surface area contributed by atoms with Crippen molar-refractivity contribution in [3.63, 3.8) is 0 Å². The van der Waals surface area contributed by atoms with Crippen molar-refractivity contribution in [3.05, 3.63) is 0 Å². The molecule has 1 rings (SSSR count). The molecule has 0 aliphatic carbocycles. The van der Waals surface area contributed by atoms with Crippen LogP contribution in [0.5, 0.6) is 0 Å². The SMILES string of the molecule is COCCCNC(=O)C(C)N1CCN(C(C)CN)CC1. The fourth-order valence-electron chi connectivity index (χ4n) is 2.46. The molecule has 0 aromatic rings. The van der Waals surface area contributed by atoms with Crippen molar-refractivity contribution in [2.75, 3.05) is 53.0 Å². The molecule has 1 aliphatic heterocycles. The number of nitrogens with two attached hydrogens (primary N) is 1. The Morgan fingerprint density at radius 2 is 1.85 bits per heavy atom. The van der Waals surface area contributed by atoms with Gasteiger partial charge < -0.3 is 15.8 Å². The fraction of sp³-hybridized carbons (Fsp3) is 0.929. The lowest BCUT2D eigenvalue weighted by Gasteiger charge is -2.39. The van der Waals surface area contributed by atoms with Gasteiger partial charge in [0, 0.05) is 59.0 Å². The number of amides is 1. The molecule has 0 saturated carbocycles. The molecule has 0 spiro atoms. The van der Waals surface area contributed by atoms with Crippen molar-refractivity contribution in [3.8, 4) is 0 Å². The van der Waals surface area contributed by atoms with Gasteiger partial charge in [0.05, 0.1) is 6.04 Å². The average Bonchev–Trinajstić information content (AvgIpc) is 2.50. The number of nitrogens with zero attached hydrogens (tertiary/aromatic N) is 2. The highest BCUT2D eigenvalue weighted by molar-refractivity contribution is 5.81. The number of carbonyl (C=O) groups is 1. The van der Waals surface area contributed by atoms with Gasteiger partial charge in [-0.25, -0.2) is 0 Å². The van der Waals surface area contributed by atoms with E-state index in [1.165, 1.54) is 0 Å². The molecule has 6 heteroatoms. The zero-order valence-corrected chi connectivity index (χ0v) is 13.1. The molecule has 0 radical (unpaired) electrons. The van der Waals surface area contributed by atoms with E-state index in [1.807, 2.05) is 6.92 Å². The zero-order chi connectivity index (χ0) is 15.0. The summed E-state index contributed by atoms with van der Waals surface area (Å²) in [6.07, 6.45) is 0.858. The van der Waals surface area contributed by atoms with E-state index in [-0.39, 0.29) is 11.9 Å². The molecule has 1 fully saturated rings. The first-order valence-electron chi connectivity index (χ1n) is 7.55. The van der Waals surface area contributed by atoms with Gasteiger partial charge in [-0.3, -0.25) is 14.6 Å². The van der Waals surface area contributed by atoms with Gasteiger partial charge in [0.1, 0.15) is 0 Å². The molecule has 0 aromatic heterocycles. The number of hydrogen-bond acceptors (Lipinski definition) is 5. The van der Waals surface area contributed by atoms with E-state index >= 15 is 0 Å². The Labute approximate surface area is 122 Å². The first-order valence-corrected chi connectivity index (χ1v) is 7.55. The number of piperazine rings is 1. The van der Waals surface area contributed by atoms with E-state index in [0.717, 1.165) is 32.6 Å². The van der Waals surface area contributed by atoms with E-state index in [0.29, 0.717) is 25.7 Å². The molecule has 2 unspecified atom stereocenters. The summed E-state index contributed by atoms with van der Waals surface area (Å²) in [4.78, 5) is 16.7. The van der Waals surface area contributed by atoms with Gasteiger partial charge in [-0.1, -0.05) is 0 Å². The Kier molecular flexibility index (Phi) is 8.06. The van der Waals surface area contributed by atoms with Crippen LogP contribution in [0.25, 0.3) is 0 Å². The van der Waals surface area contributed by atoms with Crippen LogP contribution in [0.2, 0.25) is 0 Å². The van der Waals surface area contributed by atoms with Crippen molar-refractivity contribution >= 4 is 5.91 Å². The molecule has 0 aromatic carbocycles. The Hall–Kier alpha value is -0.690. The Morgan fingerprint density at radius 1 is 1.25 bits per heavy atom. The quantitative estimate of drug-likeness (QED) is 0.588. The summed E-state index contributed by atoms with van der Waals surface area (Å²) in [5.74, 6) is 0.112. The summed E-state index contributed by atoms with van der Waals surface area (Å²) in [6, 6.07) is 0.364. The van der Waals surface area contributed by atoms with E-state index in [1.54, 1.807) is 7.11 Å². The van der Waals surface area contributed by atoms with E-state index in [2.05, 4.69) is 22.0 Å². The maximum Gasteiger partial charge on any atom is 0.237 e. The smallest absolute Gasteiger partial charge is 0.237 e. The van der Waals surface area contributed by atoms with Crippen LogP contribution >= 0.6 is 0 Å². The maximum atomic E-state index is 12.0. The zero-order valence-electron chi connectivity index (χ0n) is 13.1. The van der Waals surface area contributed by atoms with Crippen LogP contribution in [0, 0.1) is 0 Å². The lowest BCUT2D eigenvalue weighted by atomic mass is 10.2. The third kappa shape index (κ3) is 5.36. The number of methoxy groups -OCH3 is 1. The minimum absolute atomic E-state index is 0.0622. The molecule has 6 nitrogen and oxygen atoms in total. The molecule has 0 bridgehead atoms. The number of nitrogens with one attached hydrogen (secondary N) is 1. The Morgan fingerprint density at radius 3 is 2.40 bits per heavy atom. The highest BCUT2D eigenvalue weighted by Crippen LogP contribution is 2.09. The molecular weight excluding hydrogens is 256 g/mol. The van der Waals surface area contributed by atoms with Crippen LogP contribution in [0.3, 0.4) is 0 Å². The minimum atomic E-state index is -0.0622. The third-order valence-corrected chi connectivity index (χ3v) is 4.06. The van der Waals surface area contributed by atoms with Crippen molar-refractivity contribution in [1.82, 2.24) is 15.1 Å². The summed E-state index contributed by atoms with van der Waals surface area (Å²) in [5.41, 5.74) is 5.70. The summed E-state index contributed by atoms with van der Waals surface area (Å²) in [6.45, 7) is 10.0. The van der Waals surface area contributed by atoms with Gasteiger partial charge in [0.2, 0.25) is 5.91 Å². The second kappa shape index (κ2) is 9.28. The normalized spacial score (nSPS) is 20.6. The van der Waals surface area contributed by atoms with Crippen LogP contribution in [0.4, 0.5) is 0 Å². The Balaban J connectivity index is 2.27. The topological polar surface area (TPSA) is 70.8 Å². The van der Waals surface area contributed by atoms with Crippen LogP contribution in [-0.2, 0) is 9.53 Å². The molecule has 1 aliphatic rings. The van der Waals surface area contributed by atoms with E-state index in [4.69, 9.17) is 10.5 Å². The van der Waals surface area contributed by atoms with Crippen LogP contribution in [0.15, 0.2) is 0 Å².